The highest BCUT2D eigenvalue weighted by Gasteiger charge is 2.42. The maximum Gasteiger partial charge on any atom is 0.197 e. The summed E-state index contributed by atoms with van der Waals surface area (Å²) in [5.74, 6) is 0.258. The lowest BCUT2D eigenvalue weighted by atomic mass is 9.63. The minimum Gasteiger partial charge on any atom is -0.396 e. The molecule has 2 aliphatic carbocycles. The smallest absolute Gasteiger partial charge is 0.197 e. The van der Waals surface area contributed by atoms with E-state index in [2.05, 4.69) is 13.0 Å². The molecule has 2 aliphatic rings. The van der Waals surface area contributed by atoms with Crippen molar-refractivity contribution in [1.82, 2.24) is 0 Å². The van der Waals surface area contributed by atoms with Gasteiger partial charge in [-0.1, -0.05) is 44.8 Å². The minimum absolute atomic E-state index is 0.00918. The van der Waals surface area contributed by atoms with Crippen molar-refractivity contribution in [2.75, 3.05) is 19.4 Å². The van der Waals surface area contributed by atoms with Gasteiger partial charge in [0.1, 0.15) is 5.78 Å². The number of hydrogen-bond donors (Lipinski definition) is 3. The van der Waals surface area contributed by atoms with Crippen LogP contribution in [0.2, 0.25) is 0 Å². The van der Waals surface area contributed by atoms with E-state index >= 15 is 0 Å². The first-order valence-electron chi connectivity index (χ1n) is 11.5. The lowest BCUT2D eigenvalue weighted by molar-refractivity contribution is -0.121. The van der Waals surface area contributed by atoms with Gasteiger partial charge in [0.15, 0.2) is 7.37 Å². The summed E-state index contributed by atoms with van der Waals surface area (Å²) < 4.78 is 11.3. The van der Waals surface area contributed by atoms with Crippen LogP contribution >= 0.6 is 7.37 Å². The van der Waals surface area contributed by atoms with Gasteiger partial charge in [-0.2, -0.15) is 0 Å². The molecule has 0 radical (unpaired) electrons. The van der Waals surface area contributed by atoms with Gasteiger partial charge in [0.25, 0.3) is 0 Å². The average Bonchev–Trinajstić information content (AvgIpc) is 2.92. The molecule has 0 aromatic carbocycles. The lowest BCUT2D eigenvalue weighted by Gasteiger charge is -2.45. The van der Waals surface area contributed by atoms with Crippen molar-refractivity contribution in [3.05, 3.63) is 12.2 Å². The summed E-state index contributed by atoms with van der Waals surface area (Å²) in [7, 11) is -2.91. The number of ketones is 1. The van der Waals surface area contributed by atoms with E-state index in [9.17, 15) is 24.5 Å². The highest BCUT2D eigenvalue weighted by Crippen LogP contribution is 2.48. The molecule has 3 N–H and O–H groups in total. The van der Waals surface area contributed by atoms with Crippen LogP contribution in [0.5, 0.6) is 0 Å². The Hall–Kier alpha value is -0.480. The predicted octanol–water partition coefficient (Wildman–Crippen LogP) is 4.54. The summed E-state index contributed by atoms with van der Waals surface area (Å²) in [5.41, 5.74) is 0.0859. The molecule has 0 saturated heterocycles. The van der Waals surface area contributed by atoms with Crippen molar-refractivity contribution in [2.45, 2.75) is 83.7 Å². The van der Waals surface area contributed by atoms with Crippen LogP contribution in [-0.4, -0.2) is 46.4 Å². The molecule has 2 saturated carbocycles. The van der Waals surface area contributed by atoms with Crippen molar-refractivity contribution in [3.8, 4) is 0 Å². The largest absolute Gasteiger partial charge is 0.396 e. The molecule has 0 bridgehead atoms. The van der Waals surface area contributed by atoms with Gasteiger partial charge in [-0.3, -0.25) is 9.36 Å². The number of allylic oxidation sites excluding steroid dienone is 1. The molecule has 0 amide bonds. The molecule has 0 aromatic heterocycles. The zero-order valence-corrected chi connectivity index (χ0v) is 19.2. The third kappa shape index (κ3) is 7.02. The second-order valence-corrected chi connectivity index (χ2v) is 12.1. The third-order valence-corrected chi connectivity index (χ3v) is 8.58. The molecule has 0 aliphatic heterocycles. The van der Waals surface area contributed by atoms with Crippen LogP contribution in [0.3, 0.4) is 0 Å². The molecule has 29 heavy (non-hydrogen) atoms. The summed E-state index contributed by atoms with van der Waals surface area (Å²) in [6, 6.07) is 0. The molecule has 5 nitrogen and oxygen atoms in total. The van der Waals surface area contributed by atoms with E-state index in [0.29, 0.717) is 19.0 Å². The fourth-order valence-corrected chi connectivity index (χ4v) is 6.02. The highest BCUT2D eigenvalue weighted by atomic mass is 31.2. The second-order valence-electron chi connectivity index (χ2n) is 9.52. The maximum atomic E-state index is 12.5. The first-order valence-corrected chi connectivity index (χ1v) is 13.8. The normalized spacial score (nSPS) is 29.7. The maximum absolute atomic E-state index is 12.5. The lowest BCUT2D eigenvalue weighted by Crippen LogP contribution is -2.40. The van der Waals surface area contributed by atoms with Crippen molar-refractivity contribution < 1.29 is 24.5 Å². The van der Waals surface area contributed by atoms with Crippen LogP contribution < -0.4 is 0 Å². The number of carbonyl (C=O) groups is 1. The number of Topliss-reactive ketones (excluding diaryl/α,β-unsaturated/α-hetero) is 1. The zero-order valence-electron chi connectivity index (χ0n) is 18.3. The van der Waals surface area contributed by atoms with Crippen molar-refractivity contribution in [2.24, 2.45) is 23.2 Å². The van der Waals surface area contributed by atoms with Crippen LogP contribution in [0, 0.1) is 23.2 Å². The van der Waals surface area contributed by atoms with Gasteiger partial charge in [0.2, 0.25) is 0 Å². The Morgan fingerprint density at radius 3 is 2.48 bits per heavy atom. The van der Waals surface area contributed by atoms with E-state index in [-0.39, 0.29) is 41.7 Å². The van der Waals surface area contributed by atoms with E-state index in [4.69, 9.17) is 0 Å². The number of aliphatic hydroxyl groups excluding tert-OH is 2. The van der Waals surface area contributed by atoms with Gasteiger partial charge in [-0.05, 0) is 55.8 Å². The fourth-order valence-electron chi connectivity index (χ4n) is 5.21. The second kappa shape index (κ2) is 11.2. The summed E-state index contributed by atoms with van der Waals surface area (Å²) in [6.45, 7) is 3.58. The van der Waals surface area contributed by atoms with Gasteiger partial charge in [0, 0.05) is 31.8 Å². The molecule has 2 rings (SSSR count). The number of aliphatic hydroxyl groups is 2. The molecule has 6 heteroatoms. The monoisotopic (exact) mass is 428 g/mol. The van der Waals surface area contributed by atoms with E-state index < -0.39 is 7.37 Å². The number of carbonyl (C=O) groups excluding carboxylic acids is 1. The first kappa shape index (κ1) is 24.8. The molecule has 5 atom stereocenters. The van der Waals surface area contributed by atoms with E-state index in [1.54, 1.807) is 0 Å². The van der Waals surface area contributed by atoms with Gasteiger partial charge in [-0.25, -0.2) is 0 Å². The molecule has 168 valence electrons. The Bertz CT molecular complexity index is 587. The van der Waals surface area contributed by atoms with Crippen molar-refractivity contribution in [1.29, 1.82) is 0 Å². The summed E-state index contributed by atoms with van der Waals surface area (Å²) in [5, 5.41) is 20.3. The Morgan fingerprint density at radius 2 is 1.93 bits per heavy atom. The topological polar surface area (TPSA) is 94.8 Å². The minimum atomic E-state index is -2.91. The molecular weight excluding hydrogens is 387 g/mol. The molecule has 2 fully saturated rings. The SMILES string of the molecule is CCC1(C(O)C/C=C/[C@H]2[C@H](CO)CC(=O)[C@@H]2CCCCCCP(C)(=O)O)CCC1. The third-order valence-electron chi connectivity index (χ3n) is 7.44. The molecule has 0 spiro atoms. The molecular formula is C23H41O5P. The average molecular weight is 429 g/mol. The summed E-state index contributed by atoms with van der Waals surface area (Å²) in [6.07, 6.45) is 14.0. The molecule has 0 heterocycles. The van der Waals surface area contributed by atoms with E-state index in [1.807, 2.05) is 6.08 Å². The van der Waals surface area contributed by atoms with Gasteiger partial charge >= 0.3 is 0 Å². The fraction of sp³-hybridized carbons (Fsp3) is 0.870. The first-order chi connectivity index (χ1) is 13.7. The van der Waals surface area contributed by atoms with Crippen molar-refractivity contribution in [3.63, 3.8) is 0 Å². The highest BCUT2D eigenvalue weighted by molar-refractivity contribution is 7.57. The van der Waals surface area contributed by atoms with Gasteiger partial charge in [-0.15, -0.1) is 0 Å². The number of rotatable bonds is 13. The Kier molecular flexibility index (Phi) is 9.60. The number of hydrogen-bond acceptors (Lipinski definition) is 4. The predicted molar refractivity (Wildman–Crippen MR) is 117 cm³/mol. The zero-order chi connectivity index (χ0) is 21.5. The van der Waals surface area contributed by atoms with Gasteiger partial charge < -0.3 is 15.1 Å². The van der Waals surface area contributed by atoms with Crippen LogP contribution in [0.4, 0.5) is 0 Å². The number of unbranched alkanes of at least 4 members (excludes halogenated alkanes) is 3. The summed E-state index contributed by atoms with van der Waals surface area (Å²) >= 11 is 0. The molecule has 0 aromatic rings. The Morgan fingerprint density at radius 1 is 1.24 bits per heavy atom. The van der Waals surface area contributed by atoms with E-state index in [1.165, 1.54) is 13.1 Å². The van der Waals surface area contributed by atoms with Crippen LogP contribution in [0.1, 0.15) is 77.6 Å². The van der Waals surface area contributed by atoms with Crippen LogP contribution in [0.15, 0.2) is 12.2 Å². The van der Waals surface area contributed by atoms with Gasteiger partial charge in [0.05, 0.1) is 6.10 Å². The molecule has 2 unspecified atom stereocenters. The van der Waals surface area contributed by atoms with Crippen molar-refractivity contribution >= 4 is 13.2 Å². The van der Waals surface area contributed by atoms with E-state index in [0.717, 1.165) is 51.4 Å². The quantitative estimate of drug-likeness (QED) is 0.227. The Labute approximate surface area is 176 Å². The standard InChI is InChI=1S/C23H41O5P/c1-3-23(13-9-14-23)22(26)12-8-11-19-18(17-24)16-21(25)20(19)10-6-4-5-7-15-29(2,27)28/h8,11,18-20,22,24,26H,3-7,9-10,12-17H2,1-2H3,(H,27,28)/b11-8+/t18-,19-,20+,22?/m0/s1. The van der Waals surface area contributed by atoms with Crippen LogP contribution in [-0.2, 0) is 9.36 Å². The van der Waals surface area contributed by atoms with Crippen LogP contribution in [0.25, 0.3) is 0 Å². The summed E-state index contributed by atoms with van der Waals surface area (Å²) in [4.78, 5) is 21.8. The Balaban J connectivity index is 1.83.